The Morgan fingerprint density at radius 3 is 2.55 bits per heavy atom. The van der Waals surface area contributed by atoms with Crippen LogP contribution in [0.15, 0.2) is 33.2 Å². The van der Waals surface area contributed by atoms with E-state index in [1.807, 2.05) is 0 Å². The molecule has 0 unspecified atom stereocenters. The lowest BCUT2D eigenvalue weighted by molar-refractivity contribution is -0.137. The van der Waals surface area contributed by atoms with Crippen molar-refractivity contribution in [3.8, 4) is 0 Å². The Bertz CT molecular complexity index is 699. The number of aryl methyl sites for hydroxylation is 1. The van der Waals surface area contributed by atoms with Gasteiger partial charge in [-0.05, 0) is 30.8 Å². The van der Waals surface area contributed by atoms with E-state index < -0.39 is 11.7 Å². The Morgan fingerprint density at radius 1 is 1.25 bits per heavy atom. The average molecular weight is 302 g/mol. The molecule has 2 aromatic heterocycles. The molecule has 0 amide bonds. The number of aromatic amines is 1. The molecule has 0 aromatic carbocycles. The molecule has 0 aliphatic rings. The van der Waals surface area contributed by atoms with Crippen LogP contribution in [-0.4, -0.2) is 15.0 Å². The number of nitrogens with one attached hydrogen (secondary N) is 1. The standard InChI is InChI=1S/C11H9F3N4OS/c1-5-2-8(19)18-10(16-5)20-9-4-6(11(12,13)14)3-7(15)17-9/h2-4H,1H3,(H2,15,17)(H,16,18,19). The van der Waals surface area contributed by atoms with Gasteiger partial charge in [0.1, 0.15) is 10.8 Å². The van der Waals surface area contributed by atoms with Crippen LogP contribution in [0.25, 0.3) is 0 Å². The Hall–Kier alpha value is -2.03. The van der Waals surface area contributed by atoms with Crippen LogP contribution in [0.5, 0.6) is 0 Å². The maximum absolute atomic E-state index is 12.6. The van der Waals surface area contributed by atoms with Gasteiger partial charge in [-0.3, -0.25) is 4.79 Å². The summed E-state index contributed by atoms with van der Waals surface area (Å²) in [4.78, 5) is 21.4. The van der Waals surface area contributed by atoms with E-state index in [9.17, 15) is 18.0 Å². The highest BCUT2D eigenvalue weighted by molar-refractivity contribution is 7.99. The molecule has 0 fully saturated rings. The second kappa shape index (κ2) is 5.16. The van der Waals surface area contributed by atoms with E-state index in [0.717, 1.165) is 23.9 Å². The SMILES string of the molecule is Cc1cc(=O)[nH]c(Sc2cc(C(F)(F)F)cc(N)n2)n1. The Labute approximate surface area is 115 Å². The maximum atomic E-state index is 12.6. The first-order chi connectivity index (χ1) is 9.24. The smallest absolute Gasteiger partial charge is 0.384 e. The summed E-state index contributed by atoms with van der Waals surface area (Å²) >= 11 is 0.803. The molecule has 0 radical (unpaired) electrons. The molecule has 5 nitrogen and oxygen atoms in total. The first-order valence-electron chi connectivity index (χ1n) is 5.34. The fraction of sp³-hybridized carbons (Fsp3) is 0.182. The quantitative estimate of drug-likeness (QED) is 0.831. The molecule has 20 heavy (non-hydrogen) atoms. The first kappa shape index (κ1) is 14.4. The Morgan fingerprint density at radius 2 is 1.95 bits per heavy atom. The van der Waals surface area contributed by atoms with Crippen molar-refractivity contribution in [2.45, 2.75) is 23.3 Å². The van der Waals surface area contributed by atoms with Crippen LogP contribution < -0.4 is 11.3 Å². The molecule has 0 saturated carbocycles. The summed E-state index contributed by atoms with van der Waals surface area (Å²) in [6.45, 7) is 1.60. The summed E-state index contributed by atoms with van der Waals surface area (Å²) in [5.74, 6) is -0.252. The number of aromatic nitrogens is 3. The zero-order chi connectivity index (χ0) is 14.9. The molecule has 0 aliphatic heterocycles. The minimum absolute atomic E-state index is 0.00563. The van der Waals surface area contributed by atoms with Crippen molar-refractivity contribution in [2.75, 3.05) is 5.73 Å². The van der Waals surface area contributed by atoms with Crippen molar-refractivity contribution in [1.29, 1.82) is 0 Å². The largest absolute Gasteiger partial charge is 0.416 e. The molecule has 9 heteroatoms. The summed E-state index contributed by atoms with van der Waals surface area (Å²) in [5.41, 5.74) is 4.52. The lowest BCUT2D eigenvalue weighted by Crippen LogP contribution is -2.09. The number of hydrogen-bond donors (Lipinski definition) is 2. The van der Waals surface area contributed by atoms with Crippen molar-refractivity contribution in [3.63, 3.8) is 0 Å². The number of nitrogen functional groups attached to an aromatic ring is 1. The van der Waals surface area contributed by atoms with E-state index >= 15 is 0 Å². The molecule has 3 N–H and O–H groups in total. The van der Waals surface area contributed by atoms with E-state index in [2.05, 4.69) is 15.0 Å². The number of nitrogens with zero attached hydrogens (tertiary/aromatic N) is 2. The van der Waals surface area contributed by atoms with Crippen LogP contribution >= 0.6 is 11.8 Å². The van der Waals surface area contributed by atoms with Crippen LogP contribution in [0.4, 0.5) is 19.0 Å². The van der Waals surface area contributed by atoms with Crippen LogP contribution in [0, 0.1) is 6.92 Å². The van der Waals surface area contributed by atoms with Gasteiger partial charge in [-0.2, -0.15) is 13.2 Å². The van der Waals surface area contributed by atoms with Gasteiger partial charge in [0.25, 0.3) is 5.56 Å². The molecule has 106 valence electrons. The van der Waals surface area contributed by atoms with Crippen molar-refractivity contribution >= 4 is 17.6 Å². The molecule has 2 rings (SSSR count). The van der Waals surface area contributed by atoms with E-state index in [1.165, 1.54) is 6.07 Å². The highest BCUT2D eigenvalue weighted by atomic mass is 32.2. The third kappa shape index (κ3) is 3.50. The number of H-pyrrole nitrogens is 1. The number of halogens is 3. The van der Waals surface area contributed by atoms with Crippen molar-refractivity contribution in [1.82, 2.24) is 15.0 Å². The minimum atomic E-state index is -4.51. The summed E-state index contributed by atoms with van der Waals surface area (Å²) in [6.07, 6.45) is -4.51. The predicted octanol–water partition coefficient (Wildman–Crippen LogP) is 2.23. The van der Waals surface area contributed by atoms with Gasteiger partial charge in [-0.15, -0.1) is 0 Å². The van der Waals surface area contributed by atoms with Crippen LogP contribution in [0.2, 0.25) is 0 Å². The van der Waals surface area contributed by atoms with E-state index in [1.54, 1.807) is 6.92 Å². The van der Waals surface area contributed by atoms with Crippen LogP contribution in [0.1, 0.15) is 11.3 Å². The number of nitrogens with two attached hydrogens (primary N) is 1. The number of hydrogen-bond acceptors (Lipinski definition) is 5. The molecule has 0 bridgehead atoms. The number of anilines is 1. The van der Waals surface area contributed by atoms with Gasteiger partial charge in [-0.1, -0.05) is 0 Å². The molecule has 0 atom stereocenters. The highest BCUT2D eigenvalue weighted by Gasteiger charge is 2.31. The fourth-order valence-corrected chi connectivity index (χ4v) is 2.32. The first-order valence-corrected chi connectivity index (χ1v) is 6.16. The van der Waals surface area contributed by atoms with Crippen LogP contribution in [0.3, 0.4) is 0 Å². The summed E-state index contributed by atoms with van der Waals surface area (Å²) < 4.78 is 37.9. The Balaban J connectivity index is 2.38. The number of pyridine rings is 1. The van der Waals surface area contributed by atoms with Crippen molar-refractivity contribution in [2.24, 2.45) is 0 Å². The maximum Gasteiger partial charge on any atom is 0.416 e. The molecule has 0 spiro atoms. The molecule has 2 heterocycles. The van der Waals surface area contributed by atoms with Crippen molar-refractivity contribution in [3.05, 3.63) is 39.8 Å². The van der Waals surface area contributed by atoms with Gasteiger partial charge in [0.15, 0.2) is 5.16 Å². The average Bonchev–Trinajstić information content (AvgIpc) is 2.25. The second-order valence-corrected chi connectivity index (χ2v) is 4.92. The number of rotatable bonds is 2. The molecular formula is C11H9F3N4OS. The topological polar surface area (TPSA) is 84.7 Å². The van der Waals surface area contributed by atoms with Gasteiger partial charge in [0.2, 0.25) is 0 Å². The van der Waals surface area contributed by atoms with E-state index in [4.69, 9.17) is 5.73 Å². The Kier molecular flexibility index (Phi) is 3.71. The predicted molar refractivity (Wildman–Crippen MR) is 67.4 cm³/mol. The van der Waals surface area contributed by atoms with E-state index in [-0.39, 0.29) is 21.6 Å². The molecular weight excluding hydrogens is 293 g/mol. The van der Waals surface area contributed by atoms with Crippen LogP contribution in [-0.2, 0) is 6.18 Å². The third-order valence-electron chi connectivity index (χ3n) is 2.20. The number of alkyl halides is 3. The fourth-order valence-electron chi connectivity index (χ4n) is 1.44. The lowest BCUT2D eigenvalue weighted by Gasteiger charge is -2.09. The minimum Gasteiger partial charge on any atom is -0.384 e. The normalized spacial score (nSPS) is 11.6. The van der Waals surface area contributed by atoms with Gasteiger partial charge < -0.3 is 10.7 Å². The third-order valence-corrected chi connectivity index (χ3v) is 3.00. The summed E-state index contributed by atoms with van der Waals surface area (Å²) in [5, 5.41) is 0.160. The zero-order valence-corrected chi connectivity index (χ0v) is 11.0. The van der Waals surface area contributed by atoms with Gasteiger partial charge in [0.05, 0.1) is 5.56 Å². The van der Waals surface area contributed by atoms with Crippen molar-refractivity contribution < 1.29 is 13.2 Å². The van der Waals surface area contributed by atoms with Gasteiger partial charge in [0, 0.05) is 11.8 Å². The summed E-state index contributed by atoms with van der Waals surface area (Å²) in [6, 6.07) is 2.87. The summed E-state index contributed by atoms with van der Waals surface area (Å²) in [7, 11) is 0. The van der Waals surface area contributed by atoms with Gasteiger partial charge in [-0.25, -0.2) is 9.97 Å². The van der Waals surface area contributed by atoms with Gasteiger partial charge >= 0.3 is 6.18 Å². The monoisotopic (exact) mass is 302 g/mol. The van der Waals surface area contributed by atoms with E-state index in [0.29, 0.717) is 5.69 Å². The molecule has 2 aromatic rings. The molecule has 0 aliphatic carbocycles. The lowest BCUT2D eigenvalue weighted by atomic mass is 10.2. The zero-order valence-electron chi connectivity index (χ0n) is 10.2. The molecule has 0 saturated heterocycles. The second-order valence-electron chi connectivity index (χ2n) is 3.91. The highest BCUT2D eigenvalue weighted by Crippen LogP contribution is 2.33.